The van der Waals surface area contributed by atoms with Crippen molar-refractivity contribution in [2.45, 2.75) is 38.0 Å². The lowest BCUT2D eigenvalue weighted by molar-refractivity contribution is 0.703. The third kappa shape index (κ3) is 1.57. The molecule has 3 rings (SSSR count). The van der Waals surface area contributed by atoms with Crippen molar-refractivity contribution in [3.8, 4) is 0 Å². The molecule has 0 radical (unpaired) electrons. The average Bonchev–Trinajstić information content (AvgIpc) is 3.09. The molecule has 1 heterocycles. The molecule has 0 bridgehead atoms. The topological polar surface area (TPSA) is 43.8 Å². The molecule has 0 atom stereocenters. The van der Waals surface area contributed by atoms with Crippen molar-refractivity contribution in [2.24, 2.45) is 12.8 Å². The lowest BCUT2D eigenvalue weighted by atomic mass is 9.96. The standard InChI is InChI=1S/C15H21N3/c1-10(2)14-17-12-5-4-11(8-13(12)18(14)3)15(9-16)6-7-15/h4-5,8,10H,6-7,9,16H2,1-3H3. The number of rotatable bonds is 3. The highest BCUT2D eigenvalue weighted by Crippen LogP contribution is 2.47. The van der Waals surface area contributed by atoms with Gasteiger partial charge in [0.15, 0.2) is 0 Å². The zero-order valence-electron chi connectivity index (χ0n) is 11.4. The van der Waals surface area contributed by atoms with E-state index in [2.05, 4.69) is 43.7 Å². The van der Waals surface area contributed by atoms with E-state index in [0.29, 0.717) is 5.92 Å². The largest absolute Gasteiger partial charge is 0.331 e. The van der Waals surface area contributed by atoms with Gasteiger partial charge in [-0.1, -0.05) is 19.9 Å². The van der Waals surface area contributed by atoms with Crippen LogP contribution in [0, 0.1) is 0 Å². The maximum absolute atomic E-state index is 5.91. The van der Waals surface area contributed by atoms with Gasteiger partial charge in [0.1, 0.15) is 5.82 Å². The Morgan fingerprint density at radius 2 is 2.11 bits per heavy atom. The van der Waals surface area contributed by atoms with E-state index >= 15 is 0 Å². The van der Waals surface area contributed by atoms with Crippen molar-refractivity contribution in [1.29, 1.82) is 0 Å². The summed E-state index contributed by atoms with van der Waals surface area (Å²) in [6.07, 6.45) is 2.45. The van der Waals surface area contributed by atoms with Crippen molar-refractivity contribution < 1.29 is 0 Å². The van der Waals surface area contributed by atoms with Gasteiger partial charge in [-0.15, -0.1) is 0 Å². The van der Waals surface area contributed by atoms with E-state index in [9.17, 15) is 0 Å². The van der Waals surface area contributed by atoms with Gasteiger partial charge in [0.05, 0.1) is 11.0 Å². The molecule has 2 N–H and O–H groups in total. The molecule has 0 spiro atoms. The third-order valence-corrected chi connectivity index (χ3v) is 4.29. The molecule has 1 aliphatic carbocycles. The molecule has 3 nitrogen and oxygen atoms in total. The molecule has 1 aliphatic rings. The number of imidazole rings is 1. The highest BCUT2D eigenvalue weighted by Gasteiger charge is 2.42. The summed E-state index contributed by atoms with van der Waals surface area (Å²) in [6.45, 7) is 5.13. The van der Waals surface area contributed by atoms with Gasteiger partial charge in [0.25, 0.3) is 0 Å². The summed E-state index contributed by atoms with van der Waals surface area (Å²) in [5.41, 5.74) is 9.89. The first-order chi connectivity index (χ1) is 8.57. The quantitative estimate of drug-likeness (QED) is 0.900. The van der Waals surface area contributed by atoms with Gasteiger partial charge in [0.2, 0.25) is 0 Å². The van der Waals surface area contributed by atoms with Crippen molar-refractivity contribution >= 4 is 11.0 Å². The fraction of sp³-hybridized carbons (Fsp3) is 0.533. The Morgan fingerprint density at radius 3 is 2.67 bits per heavy atom. The molecular weight excluding hydrogens is 222 g/mol. The van der Waals surface area contributed by atoms with Crippen molar-refractivity contribution in [3.63, 3.8) is 0 Å². The summed E-state index contributed by atoms with van der Waals surface area (Å²) < 4.78 is 2.22. The van der Waals surface area contributed by atoms with Gasteiger partial charge in [-0.05, 0) is 30.5 Å². The van der Waals surface area contributed by atoms with Crippen LogP contribution in [0.3, 0.4) is 0 Å². The van der Waals surface area contributed by atoms with E-state index in [0.717, 1.165) is 17.9 Å². The maximum atomic E-state index is 5.91. The van der Waals surface area contributed by atoms with Crippen molar-refractivity contribution in [1.82, 2.24) is 9.55 Å². The SMILES string of the molecule is CC(C)c1nc2ccc(C3(CN)CC3)cc2n1C. The first-order valence-electron chi connectivity index (χ1n) is 6.74. The van der Waals surface area contributed by atoms with Crippen LogP contribution in [0.25, 0.3) is 11.0 Å². The summed E-state index contributed by atoms with van der Waals surface area (Å²) in [6, 6.07) is 6.64. The minimum Gasteiger partial charge on any atom is -0.331 e. The number of hydrogen-bond acceptors (Lipinski definition) is 2. The maximum Gasteiger partial charge on any atom is 0.112 e. The molecule has 0 aliphatic heterocycles. The Hall–Kier alpha value is -1.35. The number of fused-ring (bicyclic) bond motifs is 1. The number of hydrogen-bond donors (Lipinski definition) is 1. The first kappa shape index (κ1) is 11.7. The molecule has 0 amide bonds. The smallest absolute Gasteiger partial charge is 0.112 e. The minimum absolute atomic E-state index is 0.260. The van der Waals surface area contributed by atoms with Crippen LogP contribution in [0.5, 0.6) is 0 Å². The number of nitrogens with zero attached hydrogens (tertiary/aromatic N) is 2. The van der Waals surface area contributed by atoms with E-state index in [4.69, 9.17) is 10.7 Å². The van der Waals surface area contributed by atoms with Gasteiger partial charge >= 0.3 is 0 Å². The van der Waals surface area contributed by atoms with Gasteiger partial charge in [-0.3, -0.25) is 0 Å². The van der Waals surface area contributed by atoms with Crippen LogP contribution in [-0.2, 0) is 12.5 Å². The molecule has 1 aromatic carbocycles. The first-order valence-corrected chi connectivity index (χ1v) is 6.74. The lowest BCUT2D eigenvalue weighted by Crippen LogP contribution is -2.19. The Labute approximate surface area is 108 Å². The second kappa shape index (κ2) is 3.82. The van der Waals surface area contributed by atoms with E-state index in [1.165, 1.54) is 23.9 Å². The monoisotopic (exact) mass is 243 g/mol. The van der Waals surface area contributed by atoms with Crippen molar-refractivity contribution in [2.75, 3.05) is 6.54 Å². The van der Waals surface area contributed by atoms with Crippen molar-refractivity contribution in [3.05, 3.63) is 29.6 Å². The van der Waals surface area contributed by atoms with Crippen LogP contribution in [0.2, 0.25) is 0 Å². The molecule has 96 valence electrons. The molecule has 0 unspecified atom stereocenters. The molecule has 3 heteroatoms. The van der Waals surface area contributed by atoms with Gasteiger partial charge in [-0.2, -0.15) is 0 Å². The highest BCUT2D eigenvalue weighted by atomic mass is 15.1. The lowest BCUT2D eigenvalue weighted by Gasteiger charge is -2.13. The summed E-state index contributed by atoms with van der Waals surface area (Å²) >= 11 is 0. The van der Waals surface area contributed by atoms with E-state index in [-0.39, 0.29) is 5.41 Å². The van der Waals surface area contributed by atoms with Gasteiger partial charge in [0, 0.05) is 24.9 Å². The predicted molar refractivity (Wildman–Crippen MR) is 74.8 cm³/mol. The fourth-order valence-corrected chi connectivity index (χ4v) is 2.82. The van der Waals surface area contributed by atoms with Crippen LogP contribution in [-0.4, -0.2) is 16.1 Å². The van der Waals surface area contributed by atoms with E-state index in [1.54, 1.807) is 0 Å². The molecule has 18 heavy (non-hydrogen) atoms. The summed E-state index contributed by atoms with van der Waals surface area (Å²) in [4.78, 5) is 4.71. The second-order valence-corrected chi connectivity index (χ2v) is 5.87. The Bertz CT molecular complexity index is 591. The summed E-state index contributed by atoms with van der Waals surface area (Å²) in [5.74, 6) is 1.61. The van der Waals surface area contributed by atoms with Crippen LogP contribution in [0.1, 0.15) is 44.0 Å². The zero-order chi connectivity index (χ0) is 12.9. The number of aromatic nitrogens is 2. The Balaban J connectivity index is 2.15. The predicted octanol–water partition coefficient (Wildman–Crippen LogP) is 2.69. The third-order valence-electron chi connectivity index (χ3n) is 4.29. The number of nitrogens with two attached hydrogens (primary N) is 1. The van der Waals surface area contributed by atoms with Crippen LogP contribution >= 0.6 is 0 Å². The number of benzene rings is 1. The Kier molecular flexibility index (Phi) is 2.49. The molecule has 1 fully saturated rings. The van der Waals surface area contributed by atoms with Gasteiger partial charge < -0.3 is 10.3 Å². The normalized spacial score (nSPS) is 17.6. The average molecular weight is 243 g/mol. The zero-order valence-corrected chi connectivity index (χ0v) is 11.4. The van der Waals surface area contributed by atoms with Crippen LogP contribution < -0.4 is 5.73 Å². The summed E-state index contributed by atoms with van der Waals surface area (Å²) in [7, 11) is 2.11. The van der Waals surface area contributed by atoms with Gasteiger partial charge in [-0.25, -0.2) is 4.98 Å². The summed E-state index contributed by atoms with van der Waals surface area (Å²) in [5, 5.41) is 0. The molecular formula is C15H21N3. The van der Waals surface area contributed by atoms with E-state index < -0.39 is 0 Å². The Morgan fingerprint density at radius 1 is 1.39 bits per heavy atom. The number of aryl methyl sites for hydroxylation is 1. The minimum atomic E-state index is 0.260. The fourth-order valence-electron chi connectivity index (χ4n) is 2.82. The second-order valence-electron chi connectivity index (χ2n) is 5.87. The molecule has 1 aromatic heterocycles. The van der Waals surface area contributed by atoms with Crippen LogP contribution in [0.4, 0.5) is 0 Å². The van der Waals surface area contributed by atoms with E-state index in [1.807, 2.05) is 0 Å². The molecule has 2 aromatic rings. The highest BCUT2D eigenvalue weighted by molar-refractivity contribution is 5.77. The molecule has 0 saturated heterocycles. The van der Waals surface area contributed by atoms with Crippen LogP contribution in [0.15, 0.2) is 18.2 Å². The molecule has 1 saturated carbocycles.